The maximum atomic E-state index is 14.0. The van der Waals surface area contributed by atoms with E-state index >= 15 is 0 Å². The molecule has 1 N–H and O–H groups in total. The van der Waals surface area contributed by atoms with Crippen LogP contribution in [-0.2, 0) is 23.1 Å². The van der Waals surface area contributed by atoms with E-state index in [0.717, 1.165) is 16.1 Å². The van der Waals surface area contributed by atoms with E-state index < -0.39 is 15.8 Å². The van der Waals surface area contributed by atoms with Gasteiger partial charge in [-0.05, 0) is 42.0 Å². The van der Waals surface area contributed by atoms with Gasteiger partial charge in [-0.2, -0.15) is 0 Å². The van der Waals surface area contributed by atoms with E-state index in [9.17, 15) is 17.6 Å². The molecule has 0 aliphatic rings. The summed E-state index contributed by atoms with van der Waals surface area (Å²) in [6.07, 6.45) is 1.05. The Kier molecular flexibility index (Phi) is 6.74. The van der Waals surface area contributed by atoms with Crippen LogP contribution in [0.25, 0.3) is 0 Å². The fourth-order valence-corrected chi connectivity index (χ4v) is 3.96. The first-order chi connectivity index (χ1) is 14.3. The number of rotatable bonds is 7. The number of carbonyl (C=O) groups is 1. The average Bonchev–Trinajstić information content (AvgIpc) is 2.71. The quantitative estimate of drug-likeness (QED) is 0.585. The highest BCUT2D eigenvalue weighted by molar-refractivity contribution is 7.92. The summed E-state index contributed by atoms with van der Waals surface area (Å²) < 4.78 is 39.6. The van der Waals surface area contributed by atoms with Crippen molar-refractivity contribution in [3.63, 3.8) is 0 Å². The number of nitrogens with one attached hydrogen (secondary N) is 1. The number of hydrogen-bond acceptors (Lipinski definition) is 3. The van der Waals surface area contributed by atoms with Crippen molar-refractivity contribution in [2.75, 3.05) is 10.6 Å². The van der Waals surface area contributed by atoms with Gasteiger partial charge in [-0.3, -0.25) is 9.10 Å². The molecule has 0 atom stereocenters. The Bertz CT molecular complexity index is 1150. The molecule has 0 fully saturated rings. The molecule has 3 aromatic rings. The molecular formula is C22H20ClFN2O3S. The molecule has 1 amide bonds. The number of halogens is 2. The van der Waals surface area contributed by atoms with Crippen LogP contribution in [-0.4, -0.2) is 20.6 Å². The summed E-state index contributed by atoms with van der Waals surface area (Å²) in [4.78, 5) is 12.4. The van der Waals surface area contributed by atoms with Gasteiger partial charge in [0.2, 0.25) is 10.0 Å². The van der Waals surface area contributed by atoms with Crippen LogP contribution in [0.15, 0.2) is 72.8 Å². The Balaban J connectivity index is 1.75. The van der Waals surface area contributed by atoms with Gasteiger partial charge in [0.25, 0.3) is 5.91 Å². The third kappa shape index (κ3) is 5.37. The zero-order valence-corrected chi connectivity index (χ0v) is 17.8. The Morgan fingerprint density at radius 2 is 1.57 bits per heavy atom. The molecule has 0 heterocycles. The van der Waals surface area contributed by atoms with E-state index in [0.29, 0.717) is 16.3 Å². The van der Waals surface area contributed by atoms with Crippen LogP contribution >= 0.6 is 11.6 Å². The predicted molar refractivity (Wildman–Crippen MR) is 116 cm³/mol. The van der Waals surface area contributed by atoms with Crippen molar-refractivity contribution < 1.29 is 17.6 Å². The molecule has 3 rings (SSSR count). The number of anilines is 1. The van der Waals surface area contributed by atoms with Gasteiger partial charge in [-0.15, -0.1) is 0 Å². The third-order valence-corrected chi connectivity index (χ3v) is 6.00. The Hall–Kier alpha value is -2.90. The molecular weight excluding hydrogens is 427 g/mol. The summed E-state index contributed by atoms with van der Waals surface area (Å²) in [5, 5.41) is 3.34. The fraction of sp³-hybridized carbons (Fsp3) is 0.136. The smallest absolute Gasteiger partial charge is 0.251 e. The monoisotopic (exact) mass is 446 g/mol. The summed E-state index contributed by atoms with van der Waals surface area (Å²) in [7, 11) is -3.67. The third-order valence-electron chi connectivity index (χ3n) is 4.49. The van der Waals surface area contributed by atoms with E-state index in [2.05, 4.69) is 5.32 Å². The minimum absolute atomic E-state index is 0.149. The number of sulfonamides is 1. The van der Waals surface area contributed by atoms with Crippen molar-refractivity contribution in [2.45, 2.75) is 13.1 Å². The van der Waals surface area contributed by atoms with Gasteiger partial charge in [0.05, 0.1) is 18.5 Å². The molecule has 0 bridgehead atoms. The zero-order valence-electron chi connectivity index (χ0n) is 16.2. The summed E-state index contributed by atoms with van der Waals surface area (Å²) in [5.41, 5.74) is 1.75. The highest BCUT2D eigenvalue weighted by Gasteiger charge is 2.20. The highest BCUT2D eigenvalue weighted by atomic mass is 35.5. The van der Waals surface area contributed by atoms with Gasteiger partial charge in [-0.25, -0.2) is 12.8 Å². The van der Waals surface area contributed by atoms with Crippen LogP contribution in [0.3, 0.4) is 0 Å². The standard InChI is InChI=1S/C22H20ClFN2O3S/c1-30(28,29)26(15-18-7-3-5-9-21(18)24)19-12-10-16(11-13-19)22(27)25-14-17-6-2-4-8-20(17)23/h2-13H,14-15H2,1H3,(H,25,27). The number of carbonyl (C=O) groups excluding carboxylic acids is 1. The Morgan fingerprint density at radius 3 is 2.17 bits per heavy atom. The summed E-state index contributed by atoms with van der Waals surface area (Å²) in [6, 6.07) is 19.3. The second-order valence-electron chi connectivity index (χ2n) is 6.68. The molecule has 0 aromatic heterocycles. The van der Waals surface area contributed by atoms with Crippen molar-refractivity contribution in [3.05, 3.63) is 100 Å². The fourth-order valence-electron chi connectivity index (χ4n) is 2.88. The maximum absolute atomic E-state index is 14.0. The van der Waals surface area contributed by atoms with Crippen LogP contribution < -0.4 is 9.62 Å². The molecule has 0 radical (unpaired) electrons. The minimum Gasteiger partial charge on any atom is -0.348 e. The summed E-state index contributed by atoms with van der Waals surface area (Å²) in [6.45, 7) is 0.118. The highest BCUT2D eigenvalue weighted by Crippen LogP contribution is 2.22. The Labute approximate surface area is 180 Å². The minimum atomic E-state index is -3.67. The molecule has 30 heavy (non-hydrogen) atoms. The van der Waals surface area contributed by atoms with E-state index in [-0.39, 0.29) is 24.6 Å². The first-order valence-corrected chi connectivity index (χ1v) is 11.3. The normalized spacial score (nSPS) is 11.2. The summed E-state index contributed by atoms with van der Waals surface area (Å²) >= 11 is 6.09. The molecule has 3 aromatic carbocycles. The van der Waals surface area contributed by atoms with Crippen LogP contribution in [0, 0.1) is 5.82 Å². The summed E-state index contributed by atoms with van der Waals surface area (Å²) in [5.74, 6) is -0.803. The molecule has 156 valence electrons. The SMILES string of the molecule is CS(=O)(=O)N(Cc1ccccc1F)c1ccc(C(=O)NCc2ccccc2Cl)cc1. The lowest BCUT2D eigenvalue weighted by Gasteiger charge is -2.23. The molecule has 0 saturated carbocycles. The zero-order chi connectivity index (χ0) is 21.7. The van der Waals surface area contributed by atoms with Crippen molar-refractivity contribution in [2.24, 2.45) is 0 Å². The topological polar surface area (TPSA) is 66.5 Å². The van der Waals surface area contributed by atoms with Gasteiger partial charge in [0, 0.05) is 22.7 Å². The Morgan fingerprint density at radius 1 is 0.967 bits per heavy atom. The lowest BCUT2D eigenvalue weighted by molar-refractivity contribution is 0.0951. The van der Waals surface area contributed by atoms with Gasteiger partial charge >= 0.3 is 0 Å². The van der Waals surface area contributed by atoms with E-state index in [1.54, 1.807) is 24.3 Å². The molecule has 8 heteroatoms. The molecule has 0 saturated heterocycles. The van der Waals surface area contributed by atoms with Gasteiger partial charge in [0.1, 0.15) is 5.82 Å². The van der Waals surface area contributed by atoms with E-state index in [1.165, 1.54) is 36.4 Å². The molecule has 0 aliphatic carbocycles. The van der Waals surface area contributed by atoms with Crippen LogP contribution in [0.1, 0.15) is 21.5 Å². The second-order valence-corrected chi connectivity index (χ2v) is 9.00. The average molecular weight is 447 g/mol. The predicted octanol–water partition coefficient (Wildman–Crippen LogP) is 4.38. The molecule has 0 unspecified atom stereocenters. The lowest BCUT2D eigenvalue weighted by Crippen LogP contribution is -2.30. The van der Waals surface area contributed by atoms with Gasteiger partial charge in [0.15, 0.2) is 0 Å². The van der Waals surface area contributed by atoms with Crippen LogP contribution in [0.2, 0.25) is 5.02 Å². The van der Waals surface area contributed by atoms with E-state index in [4.69, 9.17) is 11.6 Å². The van der Waals surface area contributed by atoms with Crippen LogP contribution in [0.5, 0.6) is 0 Å². The van der Waals surface area contributed by atoms with Crippen molar-refractivity contribution in [3.8, 4) is 0 Å². The maximum Gasteiger partial charge on any atom is 0.251 e. The second kappa shape index (κ2) is 9.28. The van der Waals surface area contributed by atoms with Crippen molar-refractivity contribution in [1.82, 2.24) is 5.32 Å². The first-order valence-electron chi connectivity index (χ1n) is 9.08. The molecule has 0 spiro atoms. The van der Waals surface area contributed by atoms with Crippen LogP contribution in [0.4, 0.5) is 10.1 Å². The number of amides is 1. The first kappa shape index (κ1) is 21.8. The van der Waals surface area contributed by atoms with E-state index in [1.807, 2.05) is 12.1 Å². The lowest BCUT2D eigenvalue weighted by atomic mass is 10.1. The number of nitrogens with zero attached hydrogens (tertiary/aromatic N) is 1. The number of benzene rings is 3. The van der Waals surface area contributed by atoms with Crippen molar-refractivity contribution >= 4 is 33.2 Å². The van der Waals surface area contributed by atoms with Gasteiger partial charge < -0.3 is 5.32 Å². The largest absolute Gasteiger partial charge is 0.348 e. The van der Waals surface area contributed by atoms with Crippen molar-refractivity contribution in [1.29, 1.82) is 0 Å². The molecule has 0 aliphatic heterocycles. The molecule has 5 nitrogen and oxygen atoms in total. The van der Waals surface area contributed by atoms with Gasteiger partial charge in [-0.1, -0.05) is 48.0 Å². The number of hydrogen-bond donors (Lipinski definition) is 1.